The summed E-state index contributed by atoms with van der Waals surface area (Å²) in [5, 5.41) is 4.45. The zero-order valence-electron chi connectivity index (χ0n) is 18.7. The van der Waals surface area contributed by atoms with Gasteiger partial charge in [0, 0.05) is 31.3 Å². The Bertz CT molecular complexity index is 1380. The first-order valence-corrected chi connectivity index (χ1v) is 11.7. The molecule has 170 valence electrons. The Kier molecular flexibility index (Phi) is 4.83. The van der Waals surface area contributed by atoms with Crippen LogP contribution in [0.1, 0.15) is 54.9 Å². The lowest BCUT2D eigenvalue weighted by Crippen LogP contribution is -2.39. The van der Waals surface area contributed by atoms with Gasteiger partial charge >= 0.3 is 0 Å². The first-order chi connectivity index (χ1) is 16.1. The van der Waals surface area contributed by atoms with Gasteiger partial charge in [0.05, 0.1) is 36.1 Å². The number of hydrogen-bond donors (Lipinski definition) is 1. The van der Waals surface area contributed by atoms with Gasteiger partial charge in [-0.25, -0.2) is 9.50 Å². The Morgan fingerprint density at radius 1 is 1.21 bits per heavy atom. The van der Waals surface area contributed by atoms with Gasteiger partial charge < -0.3 is 9.32 Å². The van der Waals surface area contributed by atoms with Crippen molar-refractivity contribution in [2.75, 3.05) is 13.1 Å². The van der Waals surface area contributed by atoms with Crippen LogP contribution in [0, 0.1) is 0 Å². The van der Waals surface area contributed by atoms with Crippen molar-refractivity contribution in [1.29, 1.82) is 0 Å². The lowest BCUT2D eigenvalue weighted by Gasteiger charge is -2.34. The number of amides is 1. The number of carbonyl (C=O) groups is 1. The molecule has 1 aromatic carbocycles. The number of benzene rings is 1. The molecule has 0 saturated carbocycles. The third-order valence-electron chi connectivity index (χ3n) is 7.03. The van der Waals surface area contributed by atoms with E-state index in [1.807, 2.05) is 24.3 Å². The fraction of sp³-hybridized carbons (Fsp3) is 0.400. The van der Waals surface area contributed by atoms with Crippen LogP contribution in [0.25, 0.3) is 16.6 Å². The second-order valence-electron chi connectivity index (χ2n) is 9.17. The number of aromatic amines is 1. The van der Waals surface area contributed by atoms with E-state index < -0.39 is 0 Å². The Morgan fingerprint density at radius 3 is 2.94 bits per heavy atom. The molecule has 0 radical (unpaired) electrons. The molecule has 1 N–H and O–H groups in total. The molecule has 33 heavy (non-hydrogen) atoms. The number of piperidine rings is 1. The third-order valence-corrected chi connectivity index (χ3v) is 7.03. The van der Waals surface area contributed by atoms with Crippen LogP contribution in [0.4, 0.5) is 0 Å². The Labute approximate surface area is 190 Å². The van der Waals surface area contributed by atoms with Crippen LogP contribution >= 0.6 is 0 Å². The highest BCUT2D eigenvalue weighted by Crippen LogP contribution is 2.33. The van der Waals surface area contributed by atoms with Crippen molar-refractivity contribution in [1.82, 2.24) is 24.4 Å². The van der Waals surface area contributed by atoms with Crippen LogP contribution in [0.2, 0.25) is 0 Å². The van der Waals surface area contributed by atoms with Gasteiger partial charge in [0.2, 0.25) is 5.91 Å². The lowest BCUT2D eigenvalue weighted by molar-refractivity contribution is -0.129. The quantitative estimate of drug-likeness (QED) is 0.522. The van der Waals surface area contributed by atoms with Crippen LogP contribution in [0.5, 0.6) is 0 Å². The number of carbonyl (C=O) groups excluding carboxylic acids is 1. The summed E-state index contributed by atoms with van der Waals surface area (Å²) in [6.07, 6.45) is 3.91. The number of H-pyrrole nitrogens is 1. The minimum atomic E-state index is -0.105. The largest absolute Gasteiger partial charge is 0.460 e. The molecule has 0 spiro atoms. The van der Waals surface area contributed by atoms with E-state index in [1.165, 1.54) is 0 Å². The smallest absolute Gasteiger partial charge is 0.277 e. The molecule has 6 rings (SSSR count). The molecule has 5 heterocycles. The molecule has 3 aromatic heterocycles. The number of aromatic nitrogens is 3. The molecule has 1 atom stereocenters. The average Bonchev–Trinajstić information content (AvgIpc) is 3.43. The average molecular weight is 446 g/mol. The number of fused-ring (bicyclic) bond motifs is 3. The number of likely N-dealkylation sites (tertiary alicyclic amines) is 1. The third kappa shape index (κ3) is 3.54. The van der Waals surface area contributed by atoms with E-state index in [1.54, 1.807) is 16.3 Å². The van der Waals surface area contributed by atoms with Crippen LogP contribution in [0.15, 0.2) is 45.6 Å². The molecule has 1 saturated heterocycles. The summed E-state index contributed by atoms with van der Waals surface area (Å²) >= 11 is 0. The first-order valence-electron chi connectivity index (χ1n) is 11.7. The molecule has 1 fully saturated rings. The van der Waals surface area contributed by atoms with Crippen molar-refractivity contribution in [2.45, 2.75) is 51.7 Å². The first kappa shape index (κ1) is 20.2. The maximum Gasteiger partial charge on any atom is 0.277 e. The van der Waals surface area contributed by atoms with Crippen molar-refractivity contribution in [3.05, 3.63) is 69.5 Å². The fourth-order valence-electron chi connectivity index (χ4n) is 5.29. The highest BCUT2D eigenvalue weighted by Gasteiger charge is 2.28. The van der Waals surface area contributed by atoms with Crippen LogP contribution in [-0.4, -0.2) is 43.4 Å². The van der Waals surface area contributed by atoms with Gasteiger partial charge in [0.1, 0.15) is 11.3 Å². The summed E-state index contributed by atoms with van der Waals surface area (Å²) in [6, 6.07) is 12.4. The predicted molar refractivity (Wildman–Crippen MR) is 124 cm³/mol. The molecule has 8 nitrogen and oxygen atoms in total. The maximum absolute atomic E-state index is 13.2. The number of para-hydroxylation sites is 1. The number of hydrogen-bond acceptors (Lipinski definition) is 5. The molecule has 2 aliphatic heterocycles. The Balaban J connectivity index is 1.33. The van der Waals surface area contributed by atoms with Crippen molar-refractivity contribution in [2.24, 2.45) is 0 Å². The number of furan rings is 1. The SMILES string of the molecule is CC(=O)N1CCc2nc3cc(C4CCCCN4Cc4cc5ccccc5o4)[nH]n3c(=O)c2C1. The molecular formula is C25H27N5O3. The van der Waals surface area contributed by atoms with Crippen LogP contribution < -0.4 is 5.56 Å². The zero-order chi connectivity index (χ0) is 22.5. The van der Waals surface area contributed by atoms with Gasteiger partial charge in [0.15, 0.2) is 5.65 Å². The molecule has 8 heteroatoms. The second kappa shape index (κ2) is 7.88. The maximum atomic E-state index is 13.2. The number of nitrogens with zero attached hydrogens (tertiary/aromatic N) is 4. The number of rotatable bonds is 3. The summed E-state index contributed by atoms with van der Waals surface area (Å²) in [6.45, 7) is 4.18. The summed E-state index contributed by atoms with van der Waals surface area (Å²) in [5.41, 5.74) is 3.89. The van der Waals surface area contributed by atoms with Crippen molar-refractivity contribution >= 4 is 22.5 Å². The van der Waals surface area contributed by atoms with Gasteiger partial charge in [-0.2, -0.15) is 0 Å². The van der Waals surface area contributed by atoms with Crippen molar-refractivity contribution < 1.29 is 9.21 Å². The van der Waals surface area contributed by atoms with Crippen molar-refractivity contribution in [3.63, 3.8) is 0 Å². The second-order valence-corrected chi connectivity index (χ2v) is 9.17. The molecular weight excluding hydrogens is 418 g/mol. The topological polar surface area (TPSA) is 86.8 Å². The van der Waals surface area contributed by atoms with Crippen LogP contribution in [-0.2, 0) is 24.3 Å². The van der Waals surface area contributed by atoms with E-state index in [4.69, 9.17) is 9.40 Å². The van der Waals surface area contributed by atoms with Crippen LogP contribution in [0.3, 0.4) is 0 Å². The zero-order valence-corrected chi connectivity index (χ0v) is 18.7. The van der Waals surface area contributed by atoms with Gasteiger partial charge in [-0.3, -0.25) is 19.6 Å². The normalized spacial score (nSPS) is 19.3. The Morgan fingerprint density at radius 2 is 2.09 bits per heavy atom. The standard InChI is InChI=1S/C25H27N5O3/c1-16(31)28-11-9-20-19(15-28)25(32)30-24(26-20)13-21(27-30)22-7-4-5-10-29(22)14-18-12-17-6-2-3-8-23(17)33-18/h2-3,6,8,12-13,22,27H,4-5,7,9-11,14-15H2,1H3. The van der Waals surface area contributed by atoms with Crippen molar-refractivity contribution in [3.8, 4) is 0 Å². The molecule has 1 unspecified atom stereocenters. The summed E-state index contributed by atoms with van der Waals surface area (Å²) in [7, 11) is 0. The highest BCUT2D eigenvalue weighted by atomic mass is 16.3. The van der Waals surface area contributed by atoms with E-state index in [0.29, 0.717) is 30.7 Å². The van der Waals surface area contributed by atoms with E-state index in [2.05, 4.69) is 22.1 Å². The van der Waals surface area contributed by atoms with Gasteiger partial charge in [-0.1, -0.05) is 24.6 Å². The monoisotopic (exact) mass is 445 g/mol. The predicted octanol–water partition coefficient (Wildman–Crippen LogP) is 3.40. The highest BCUT2D eigenvalue weighted by molar-refractivity contribution is 5.77. The summed E-state index contributed by atoms with van der Waals surface area (Å²) in [5.74, 6) is 0.940. The minimum absolute atomic E-state index is 0.0132. The van der Waals surface area contributed by atoms with E-state index in [-0.39, 0.29) is 17.5 Å². The lowest BCUT2D eigenvalue weighted by atomic mass is 9.99. The van der Waals surface area contributed by atoms with E-state index >= 15 is 0 Å². The molecule has 1 amide bonds. The molecule has 0 bridgehead atoms. The molecule has 4 aromatic rings. The van der Waals surface area contributed by atoms with E-state index in [0.717, 1.165) is 60.5 Å². The molecule has 0 aliphatic carbocycles. The summed E-state index contributed by atoms with van der Waals surface area (Å²) < 4.78 is 7.63. The Hall–Kier alpha value is -3.39. The molecule has 2 aliphatic rings. The number of nitrogens with one attached hydrogen (secondary N) is 1. The minimum Gasteiger partial charge on any atom is -0.460 e. The van der Waals surface area contributed by atoms with Gasteiger partial charge in [-0.05, 0) is 31.5 Å². The van der Waals surface area contributed by atoms with Gasteiger partial charge in [0.25, 0.3) is 5.56 Å². The van der Waals surface area contributed by atoms with Gasteiger partial charge in [-0.15, -0.1) is 0 Å². The fourth-order valence-corrected chi connectivity index (χ4v) is 5.29. The van der Waals surface area contributed by atoms with E-state index in [9.17, 15) is 9.59 Å². The summed E-state index contributed by atoms with van der Waals surface area (Å²) in [4.78, 5) is 34.0.